The number of aryl methyl sites for hydroxylation is 1. The van der Waals surface area contributed by atoms with Crippen molar-refractivity contribution in [2.45, 2.75) is 11.8 Å². The molecule has 0 saturated heterocycles. The second kappa shape index (κ2) is 6.03. The summed E-state index contributed by atoms with van der Waals surface area (Å²) in [6, 6.07) is 13.3. The molecule has 1 aliphatic heterocycles. The highest BCUT2D eigenvalue weighted by Gasteiger charge is 2.23. The van der Waals surface area contributed by atoms with Crippen LogP contribution < -0.4 is 9.47 Å². The van der Waals surface area contributed by atoms with Gasteiger partial charge in [-0.1, -0.05) is 17.7 Å². The molecule has 4 rings (SSSR count). The zero-order valence-electron chi connectivity index (χ0n) is 13.9. The van der Waals surface area contributed by atoms with Crippen molar-refractivity contribution >= 4 is 16.3 Å². The first-order valence-electron chi connectivity index (χ1n) is 7.89. The predicted molar refractivity (Wildman–Crippen MR) is 95.1 cm³/mol. The number of ether oxygens (including phenoxy) is 2. The zero-order valence-corrected chi connectivity index (χ0v) is 14.7. The Bertz CT molecular complexity index is 1100. The van der Waals surface area contributed by atoms with Gasteiger partial charge in [-0.2, -0.15) is 0 Å². The minimum Gasteiger partial charge on any atom is -0.454 e. The number of carbonyl (C=O) groups is 1. The lowest BCUT2D eigenvalue weighted by atomic mass is 10.1. The molecule has 132 valence electrons. The number of benzene rings is 2. The number of nitrogens with zero attached hydrogens (tertiary/aromatic N) is 1. The lowest BCUT2D eigenvalue weighted by Crippen LogP contribution is -2.13. The average Bonchev–Trinajstić information content (AvgIpc) is 3.28. The summed E-state index contributed by atoms with van der Waals surface area (Å²) in [7, 11) is -3.85. The van der Waals surface area contributed by atoms with Gasteiger partial charge in [0.25, 0.3) is 10.0 Å². The van der Waals surface area contributed by atoms with Crippen LogP contribution in [0.1, 0.15) is 15.9 Å². The van der Waals surface area contributed by atoms with Gasteiger partial charge in [0.1, 0.15) is 0 Å². The lowest BCUT2D eigenvalue weighted by molar-refractivity contribution is 0.112. The van der Waals surface area contributed by atoms with Crippen LogP contribution in [0.3, 0.4) is 0 Å². The lowest BCUT2D eigenvalue weighted by Gasteiger charge is -2.11. The molecule has 0 fully saturated rings. The van der Waals surface area contributed by atoms with Gasteiger partial charge in [0.15, 0.2) is 17.8 Å². The Kier molecular flexibility index (Phi) is 3.81. The van der Waals surface area contributed by atoms with Crippen LogP contribution in [0.4, 0.5) is 0 Å². The quantitative estimate of drug-likeness (QED) is 0.660. The number of rotatable bonds is 4. The van der Waals surface area contributed by atoms with Crippen LogP contribution in [0.15, 0.2) is 59.6 Å². The minimum absolute atomic E-state index is 0.126. The summed E-state index contributed by atoms with van der Waals surface area (Å²) in [5.41, 5.74) is 2.22. The van der Waals surface area contributed by atoms with Crippen LogP contribution in [0.25, 0.3) is 11.3 Å². The normalized spacial score (nSPS) is 13.0. The van der Waals surface area contributed by atoms with Gasteiger partial charge in [0, 0.05) is 17.3 Å². The van der Waals surface area contributed by atoms with E-state index < -0.39 is 10.0 Å². The second-order valence-corrected chi connectivity index (χ2v) is 7.77. The van der Waals surface area contributed by atoms with Crippen molar-refractivity contribution in [3.05, 3.63) is 65.9 Å². The van der Waals surface area contributed by atoms with E-state index in [0.717, 1.165) is 9.54 Å². The SMILES string of the molecule is Cc1ccc(S(=O)(=O)n2cc(C=O)cc2-c2ccc3c(c2)OCO3)cc1. The van der Waals surface area contributed by atoms with Crippen molar-refractivity contribution in [2.75, 3.05) is 6.79 Å². The molecule has 0 atom stereocenters. The number of hydrogen-bond donors (Lipinski definition) is 0. The van der Waals surface area contributed by atoms with Crippen molar-refractivity contribution in [3.63, 3.8) is 0 Å². The van der Waals surface area contributed by atoms with Crippen LogP contribution in [0.2, 0.25) is 0 Å². The Balaban J connectivity index is 1.88. The highest BCUT2D eigenvalue weighted by molar-refractivity contribution is 7.90. The third-order valence-corrected chi connectivity index (χ3v) is 5.88. The van der Waals surface area contributed by atoms with Gasteiger partial charge in [-0.25, -0.2) is 12.4 Å². The summed E-state index contributed by atoms with van der Waals surface area (Å²) in [6.07, 6.45) is 1.94. The fourth-order valence-corrected chi connectivity index (χ4v) is 4.20. The van der Waals surface area contributed by atoms with Crippen molar-refractivity contribution in [2.24, 2.45) is 0 Å². The van der Waals surface area contributed by atoms with Gasteiger partial charge in [0.05, 0.1) is 10.6 Å². The summed E-state index contributed by atoms with van der Waals surface area (Å²) in [4.78, 5) is 11.4. The zero-order chi connectivity index (χ0) is 18.3. The van der Waals surface area contributed by atoms with E-state index in [2.05, 4.69) is 0 Å². The molecule has 0 amide bonds. The predicted octanol–water partition coefficient (Wildman–Crippen LogP) is 3.24. The first-order chi connectivity index (χ1) is 12.5. The average molecular weight is 369 g/mol. The van der Waals surface area contributed by atoms with Crippen LogP contribution in [-0.4, -0.2) is 25.5 Å². The van der Waals surface area contributed by atoms with E-state index in [4.69, 9.17) is 9.47 Å². The number of aldehydes is 1. The van der Waals surface area contributed by atoms with E-state index in [1.54, 1.807) is 42.5 Å². The molecule has 0 spiro atoms. The second-order valence-electron chi connectivity index (χ2n) is 5.96. The molecule has 3 aromatic rings. The van der Waals surface area contributed by atoms with Crippen molar-refractivity contribution in [1.29, 1.82) is 0 Å². The molecule has 1 aliphatic rings. The maximum absolute atomic E-state index is 13.1. The fourth-order valence-electron chi connectivity index (χ4n) is 2.82. The Labute approximate surface area is 150 Å². The molecule has 0 saturated carbocycles. The van der Waals surface area contributed by atoms with Gasteiger partial charge in [-0.05, 0) is 43.3 Å². The third kappa shape index (κ3) is 2.66. The van der Waals surface area contributed by atoms with Crippen molar-refractivity contribution in [1.82, 2.24) is 3.97 Å². The van der Waals surface area contributed by atoms with Crippen LogP contribution in [-0.2, 0) is 10.0 Å². The van der Waals surface area contributed by atoms with Crippen LogP contribution in [0.5, 0.6) is 11.5 Å². The molecule has 1 aromatic heterocycles. The van der Waals surface area contributed by atoms with Crippen LogP contribution >= 0.6 is 0 Å². The molecule has 0 N–H and O–H groups in total. The molecule has 0 unspecified atom stereocenters. The van der Waals surface area contributed by atoms with E-state index in [1.165, 1.54) is 12.3 Å². The van der Waals surface area contributed by atoms with E-state index in [-0.39, 0.29) is 17.3 Å². The molecule has 26 heavy (non-hydrogen) atoms. The number of aromatic nitrogens is 1. The molecule has 2 heterocycles. The standard InChI is InChI=1S/C19H15NO5S/c1-13-2-5-16(6-3-13)26(22,23)20-10-14(11-21)8-17(20)15-4-7-18-19(9-15)25-12-24-18/h2-11H,12H2,1H3. The molecule has 6 nitrogen and oxygen atoms in total. The molecular formula is C19H15NO5S. The summed E-state index contributed by atoms with van der Waals surface area (Å²) in [6.45, 7) is 2.01. The highest BCUT2D eigenvalue weighted by atomic mass is 32.2. The maximum atomic E-state index is 13.1. The number of carbonyl (C=O) groups excluding carboxylic acids is 1. The topological polar surface area (TPSA) is 74.6 Å². The monoisotopic (exact) mass is 369 g/mol. The first kappa shape index (κ1) is 16.4. The maximum Gasteiger partial charge on any atom is 0.268 e. The summed E-state index contributed by atoms with van der Waals surface area (Å²) < 4.78 is 38.0. The molecular weight excluding hydrogens is 354 g/mol. The smallest absolute Gasteiger partial charge is 0.268 e. The Hall–Kier alpha value is -3.06. The largest absolute Gasteiger partial charge is 0.454 e. The molecule has 0 bridgehead atoms. The Morgan fingerprint density at radius 1 is 1.00 bits per heavy atom. The van der Waals surface area contributed by atoms with Crippen molar-refractivity contribution < 1.29 is 22.7 Å². The third-order valence-electron chi connectivity index (χ3n) is 4.19. The molecule has 2 aromatic carbocycles. The minimum atomic E-state index is -3.85. The molecule has 0 radical (unpaired) electrons. The van der Waals surface area contributed by atoms with E-state index in [0.29, 0.717) is 29.0 Å². The van der Waals surface area contributed by atoms with E-state index in [9.17, 15) is 13.2 Å². The van der Waals surface area contributed by atoms with E-state index in [1.807, 2.05) is 6.92 Å². The summed E-state index contributed by atoms with van der Waals surface area (Å²) >= 11 is 0. The number of hydrogen-bond acceptors (Lipinski definition) is 5. The van der Waals surface area contributed by atoms with Gasteiger partial charge < -0.3 is 9.47 Å². The Morgan fingerprint density at radius 2 is 1.73 bits per heavy atom. The summed E-state index contributed by atoms with van der Waals surface area (Å²) in [5.74, 6) is 1.14. The van der Waals surface area contributed by atoms with Crippen LogP contribution in [0, 0.1) is 6.92 Å². The van der Waals surface area contributed by atoms with Crippen molar-refractivity contribution in [3.8, 4) is 22.8 Å². The highest BCUT2D eigenvalue weighted by Crippen LogP contribution is 2.37. The van der Waals surface area contributed by atoms with Gasteiger partial charge >= 0.3 is 0 Å². The van der Waals surface area contributed by atoms with Gasteiger partial charge in [-0.3, -0.25) is 4.79 Å². The Morgan fingerprint density at radius 3 is 2.46 bits per heavy atom. The van der Waals surface area contributed by atoms with Gasteiger partial charge in [0.2, 0.25) is 6.79 Å². The summed E-state index contributed by atoms with van der Waals surface area (Å²) in [5, 5.41) is 0. The van der Waals surface area contributed by atoms with Gasteiger partial charge in [-0.15, -0.1) is 0 Å². The molecule has 0 aliphatic carbocycles. The van der Waals surface area contributed by atoms with E-state index >= 15 is 0 Å². The molecule has 7 heteroatoms. The number of fused-ring (bicyclic) bond motifs is 1. The first-order valence-corrected chi connectivity index (χ1v) is 9.33. The fraction of sp³-hybridized carbons (Fsp3) is 0.105.